The second-order valence-electron chi connectivity index (χ2n) is 4.43. The molecular formula is C12H23NO2S. The molecule has 1 amide bonds. The van der Waals surface area contributed by atoms with Gasteiger partial charge < -0.3 is 9.64 Å². The summed E-state index contributed by atoms with van der Waals surface area (Å²) in [7, 11) is 1.74. The van der Waals surface area contributed by atoms with Crippen molar-refractivity contribution in [2.24, 2.45) is 5.92 Å². The molecule has 0 aromatic heterocycles. The molecule has 1 saturated heterocycles. The highest BCUT2D eigenvalue weighted by Crippen LogP contribution is 2.20. The van der Waals surface area contributed by atoms with E-state index in [-0.39, 0.29) is 12.0 Å². The first-order valence-corrected chi connectivity index (χ1v) is 7.22. The zero-order valence-electron chi connectivity index (χ0n) is 10.6. The van der Waals surface area contributed by atoms with Crippen molar-refractivity contribution in [3.8, 4) is 0 Å². The van der Waals surface area contributed by atoms with E-state index in [0.29, 0.717) is 11.7 Å². The van der Waals surface area contributed by atoms with Gasteiger partial charge in [0.2, 0.25) is 5.91 Å². The van der Waals surface area contributed by atoms with E-state index in [1.165, 1.54) is 0 Å². The van der Waals surface area contributed by atoms with E-state index in [9.17, 15) is 4.79 Å². The largest absolute Gasteiger partial charge is 0.379 e. The summed E-state index contributed by atoms with van der Waals surface area (Å²) in [5.41, 5.74) is 0. The van der Waals surface area contributed by atoms with Crippen LogP contribution >= 0.6 is 11.8 Å². The van der Waals surface area contributed by atoms with E-state index in [4.69, 9.17) is 4.74 Å². The van der Waals surface area contributed by atoms with Crippen molar-refractivity contribution in [2.75, 3.05) is 31.7 Å². The van der Waals surface area contributed by atoms with Crippen molar-refractivity contribution in [2.45, 2.75) is 32.8 Å². The number of thioether (sulfide) groups is 1. The Morgan fingerprint density at radius 1 is 1.56 bits per heavy atom. The minimum atomic E-state index is 0.217. The van der Waals surface area contributed by atoms with Crippen LogP contribution in [0.3, 0.4) is 0 Å². The maximum absolute atomic E-state index is 11.9. The fraction of sp³-hybridized carbons (Fsp3) is 0.917. The van der Waals surface area contributed by atoms with Crippen LogP contribution in [0, 0.1) is 5.92 Å². The van der Waals surface area contributed by atoms with Gasteiger partial charge in [-0.1, -0.05) is 13.8 Å². The van der Waals surface area contributed by atoms with Gasteiger partial charge in [0.1, 0.15) is 0 Å². The van der Waals surface area contributed by atoms with Crippen LogP contribution in [0.2, 0.25) is 0 Å². The fourth-order valence-corrected chi connectivity index (χ4v) is 2.75. The van der Waals surface area contributed by atoms with Gasteiger partial charge >= 0.3 is 0 Å². The highest BCUT2D eigenvalue weighted by Gasteiger charge is 2.28. The Balaban J connectivity index is 2.33. The summed E-state index contributed by atoms with van der Waals surface area (Å²) in [6, 6.07) is 0. The highest BCUT2D eigenvalue weighted by molar-refractivity contribution is 7.99. The number of amides is 1. The van der Waals surface area contributed by atoms with Crippen LogP contribution in [-0.4, -0.2) is 48.6 Å². The third-order valence-electron chi connectivity index (χ3n) is 3.12. The van der Waals surface area contributed by atoms with Crippen LogP contribution in [-0.2, 0) is 9.53 Å². The number of hydrogen-bond acceptors (Lipinski definition) is 3. The van der Waals surface area contributed by atoms with E-state index in [1.54, 1.807) is 18.9 Å². The van der Waals surface area contributed by atoms with Gasteiger partial charge in [0.15, 0.2) is 0 Å². The molecule has 1 aliphatic heterocycles. The zero-order chi connectivity index (χ0) is 12.0. The highest BCUT2D eigenvalue weighted by atomic mass is 32.2. The smallest absolute Gasteiger partial charge is 0.232 e. The normalized spacial score (nSPS) is 25.8. The molecule has 1 heterocycles. The van der Waals surface area contributed by atoms with E-state index in [0.717, 1.165) is 31.7 Å². The van der Waals surface area contributed by atoms with Crippen LogP contribution in [0.1, 0.15) is 26.7 Å². The molecule has 2 atom stereocenters. The van der Waals surface area contributed by atoms with Crippen molar-refractivity contribution in [3.05, 3.63) is 0 Å². The van der Waals surface area contributed by atoms with Crippen molar-refractivity contribution in [1.29, 1.82) is 0 Å². The Hall–Kier alpha value is -0.220. The predicted molar refractivity (Wildman–Crippen MR) is 68.8 cm³/mol. The Morgan fingerprint density at radius 3 is 2.94 bits per heavy atom. The van der Waals surface area contributed by atoms with E-state index in [1.807, 2.05) is 4.90 Å². The third-order valence-corrected chi connectivity index (χ3v) is 4.27. The number of hydrogen-bond donors (Lipinski definition) is 0. The van der Waals surface area contributed by atoms with Crippen molar-refractivity contribution >= 4 is 17.7 Å². The average molecular weight is 245 g/mol. The van der Waals surface area contributed by atoms with Crippen LogP contribution in [0.4, 0.5) is 0 Å². The summed E-state index contributed by atoms with van der Waals surface area (Å²) in [5.74, 6) is 2.53. The minimum absolute atomic E-state index is 0.217. The second kappa shape index (κ2) is 7.17. The summed E-state index contributed by atoms with van der Waals surface area (Å²) in [4.78, 5) is 13.8. The molecule has 4 heteroatoms. The molecule has 2 unspecified atom stereocenters. The predicted octanol–water partition coefficient (Wildman–Crippen LogP) is 2.01. The lowest BCUT2D eigenvalue weighted by atomic mass is 9.96. The molecule has 94 valence electrons. The topological polar surface area (TPSA) is 29.5 Å². The van der Waals surface area contributed by atoms with Gasteiger partial charge in [-0.3, -0.25) is 4.79 Å². The van der Waals surface area contributed by atoms with Crippen LogP contribution in [0.25, 0.3) is 0 Å². The van der Waals surface area contributed by atoms with E-state index >= 15 is 0 Å². The number of rotatable bonds is 5. The van der Waals surface area contributed by atoms with Crippen molar-refractivity contribution in [3.63, 3.8) is 0 Å². The molecular weight excluding hydrogens is 222 g/mol. The minimum Gasteiger partial charge on any atom is -0.379 e. The van der Waals surface area contributed by atoms with Gasteiger partial charge in [-0.2, -0.15) is 11.8 Å². The lowest BCUT2D eigenvalue weighted by Gasteiger charge is -2.36. The lowest BCUT2D eigenvalue weighted by molar-refractivity contribution is -0.133. The molecule has 0 spiro atoms. The first kappa shape index (κ1) is 13.8. The number of carbonyl (C=O) groups is 1. The van der Waals surface area contributed by atoms with Gasteiger partial charge in [0.05, 0.1) is 11.9 Å². The van der Waals surface area contributed by atoms with Gasteiger partial charge in [0, 0.05) is 20.2 Å². The maximum Gasteiger partial charge on any atom is 0.232 e. The SMILES string of the molecule is CCCSCC(=O)N1CCC(C)C(OC)C1. The summed E-state index contributed by atoms with van der Waals surface area (Å²) in [6.45, 7) is 6.00. The van der Waals surface area contributed by atoms with E-state index in [2.05, 4.69) is 13.8 Å². The standard InChI is InChI=1S/C12H23NO2S/c1-4-7-16-9-12(14)13-6-5-10(2)11(8-13)15-3/h10-11H,4-9H2,1-3H3. The molecule has 0 bridgehead atoms. The molecule has 0 N–H and O–H groups in total. The lowest BCUT2D eigenvalue weighted by Crippen LogP contribution is -2.47. The first-order chi connectivity index (χ1) is 7.69. The molecule has 16 heavy (non-hydrogen) atoms. The van der Waals surface area contributed by atoms with Gasteiger partial charge in [0.25, 0.3) is 0 Å². The molecule has 3 nitrogen and oxygen atoms in total. The Bertz CT molecular complexity index is 223. The maximum atomic E-state index is 11.9. The number of piperidine rings is 1. The number of likely N-dealkylation sites (tertiary alicyclic amines) is 1. The zero-order valence-corrected chi connectivity index (χ0v) is 11.4. The second-order valence-corrected chi connectivity index (χ2v) is 5.54. The van der Waals surface area contributed by atoms with Crippen molar-refractivity contribution in [1.82, 2.24) is 4.90 Å². The number of nitrogens with zero attached hydrogens (tertiary/aromatic N) is 1. The van der Waals surface area contributed by atoms with Crippen molar-refractivity contribution < 1.29 is 9.53 Å². The summed E-state index contributed by atoms with van der Waals surface area (Å²) >= 11 is 1.73. The Labute approximate surface area is 103 Å². The van der Waals surface area contributed by atoms with Crippen LogP contribution in [0.5, 0.6) is 0 Å². The van der Waals surface area contributed by atoms with Gasteiger partial charge in [-0.15, -0.1) is 0 Å². The van der Waals surface area contributed by atoms with Gasteiger partial charge in [-0.25, -0.2) is 0 Å². The molecule has 1 rings (SSSR count). The third kappa shape index (κ3) is 3.98. The van der Waals surface area contributed by atoms with E-state index < -0.39 is 0 Å². The first-order valence-electron chi connectivity index (χ1n) is 6.07. The molecule has 0 aliphatic carbocycles. The monoisotopic (exact) mass is 245 g/mol. The molecule has 0 aromatic carbocycles. The quantitative estimate of drug-likeness (QED) is 0.694. The summed E-state index contributed by atoms with van der Waals surface area (Å²) in [5, 5.41) is 0. The number of methoxy groups -OCH3 is 1. The number of carbonyl (C=O) groups excluding carboxylic acids is 1. The Kier molecular flexibility index (Phi) is 6.21. The summed E-state index contributed by atoms with van der Waals surface area (Å²) < 4.78 is 5.41. The molecule has 0 radical (unpaired) electrons. The Morgan fingerprint density at radius 2 is 2.31 bits per heavy atom. The van der Waals surface area contributed by atoms with Gasteiger partial charge in [-0.05, 0) is 24.5 Å². The average Bonchev–Trinajstić information content (AvgIpc) is 2.30. The fourth-order valence-electron chi connectivity index (χ4n) is 1.96. The van der Waals surface area contributed by atoms with Crippen LogP contribution < -0.4 is 0 Å². The molecule has 1 aliphatic rings. The van der Waals surface area contributed by atoms with Crippen LogP contribution in [0.15, 0.2) is 0 Å². The summed E-state index contributed by atoms with van der Waals surface area (Å²) in [6.07, 6.45) is 2.41. The molecule has 0 saturated carbocycles. The number of ether oxygens (including phenoxy) is 1. The molecule has 1 fully saturated rings. The molecule has 0 aromatic rings.